The fraction of sp³-hybridized carbons (Fsp3) is 0.909. The van der Waals surface area contributed by atoms with Crippen molar-refractivity contribution in [2.24, 2.45) is 5.92 Å². The number of rotatable bonds is 8. The van der Waals surface area contributed by atoms with Crippen LogP contribution in [0.3, 0.4) is 0 Å². The van der Waals surface area contributed by atoms with E-state index in [-0.39, 0.29) is 6.61 Å². The second-order valence-corrected chi connectivity index (χ2v) is 4.00. The number of hydrogen-bond donors (Lipinski definition) is 0. The smallest absolute Gasteiger partial charge is 0.133 e. The minimum absolute atomic E-state index is 0.0277. The molecule has 0 heterocycles. The summed E-state index contributed by atoms with van der Waals surface area (Å²) in [6.45, 7) is 4.16. The Morgan fingerprint density at radius 3 is 2.23 bits per heavy atom. The van der Waals surface area contributed by atoms with E-state index < -0.39 is 0 Å². The normalized spacial score (nSPS) is 10.8. The number of ketones is 1. The van der Waals surface area contributed by atoms with Gasteiger partial charge in [0.05, 0.1) is 6.61 Å². The molecule has 0 aliphatic rings. The Morgan fingerprint density at radius 2 is 1.69 bits per heavy atom. The van der Waals surface area contributed by atoms with Crippen molar-refractivity contribution in [3.05, 3.63) is 0 Å². The van der Waals surface area contributed by atoms with Crippen LogP contribution >= 0.6 is 0 Å². The lowest BCUT2D eigenvalue weighted by atomic mass is 10.0. The highest BCUT2D eigenvalue weighted by Crippen LogP contribution is 2.08. The monoisotopic (exact) mass is 185 g/mol. The van der Waals surface area contributed by atoms with Gasteiger partial charge >= 0.3 is 0 Å². The minimum atomic E-state index is 0.0277. The van der Waals surface area contributed by atoms with Gasteiger partial charge < -0.3 is 0 Å². The molecular formula is C11H21O2. The minimum Gasteiger partial charge on any atom is -0.300 e. The standard InChI is InChI=1S/C11H21O2/c1-10(2)9-11(13)7-5-3-4-6-8-12/h10H,3-9H2,1-2H3. The van der Waals surface area contributed by atoms with Gasteiger partial charge in [0.1, 0.15) is 5.78 Å². The first-order chi connectivity index (χ1) is 6.16. The number of Topliss-reactive ketones (excluding diaryl/α,β-unsaturated/α-hetero) is 1. The molecule has 1 radical (unpaired) electrons. The molecular weight excluding hydrogens is 164 g/mol. The lowest BCUT2D eigenvalue weighted by Crippen LogP contribution is -2.02. The van der Waals surface area contributed by atoms with E-state index in [0.29, 0.717) is 24.5 Å². The molecule has 0 fully saturated rings. The van der Waals surface area contributed by atoms with Crippen LogP contribution in [0.15, 0.2) is 0 Å². The summed E-state index contributed by atoms with van der Waals surface area (Å²) >= 11 is 0. The summed E-state index contributed by atoms with van der Waals surface area (Å²) in [6.07, 6.45) is 5.16. The van der Waals surface area contributed by atoms with Crippen LogP contribution in [-0.2, 0) is 9.90 Å². The van der Waals surface area contributed by atoms with Gasteiger partial charge in [0.15, 0.2) is 0 Å². The molecule has 0 bridgehead atoms. The lowest BCUT2D eigenvalue weighted by molar-refractivity contribution is -0.119. The predicted octanol–water partition coefficient (Wildman–Crippen LogP) is 2.98. The predicted molar refractivity (Wildman–Crippen MR) is 53.1 cm³/mol. The third-order valence-electron chi connectivity index (χ3n) is 1.99. The summed E-state index contributed by atoms with van der Waals surface area (Å²) in [5.41, 5.74) is 0. The average Bonchev–Trinajstić information content (AvgIpc) is 2.02. The van der Waals surface area contributed by atoms with Crippen molar-refractivity contribution in [2.45, 2.75) is 52.4 Å². The highest BCUT2D eigenvalue weighted by atomic mass is 16.2. The third-order valence-corrected chi connectivity index (χ3v) is 1.99. The van der Waals surface area contributed by atoms with Crippen molar-refractivity contribution in [3.8, 4) is 0 Å². The summed E-state index contributed by atoms with van der Waals surface area (Å²) in [6, 6.07) is 0. The van der Waals surface area contributed by atoms with Crippen molar-refractivity contribution >= 4 is 5.78 Å². The van der Waals surface area contributed by atoms with Crippen molar-refractivity contribution in [1.82, 2.24) is 0 Å². The zero-order valence-corrected chi connectivity index (χ0v) is 8.84. The zero-order chi connectivity index (χ0) is 10.1. The molecule has 0 aliphatic heterocycles. The average molecular weight is 185 g/mol. The highest BCUT2D eigenvalue weighted by Gasteiger charge is 2.03. The number of unbranched alkanes of at least 4 members (excludes halogenated alkanes) is 3. The van der Waals surface area contributed by atoms with Gasteiger partial charge in [0.2, 0.25) is 0 Å². The Bertz CT molecular complexity index is 130. The molecule has 0 N–H and O–H groups in total. The van der Waals surface area contributed by atoms with Crippen molar-refractivity contribution in [1.29, 1.82) is 0 Å². The molecule has 0 spiro atoms. The Hall–Kier alpha value is -0.370. The van der Waals surface area contributed by atoms with Crippen LogP contribution in [-0.4, -0.2) is 12.4 Å². The van der Waals surface area contributed by atoms with Gasteiger partial charge in [-0.2, -0.15) is 0 Å². The van der Waals surface area contributed by atoms with Gasteiger partial charge in [-0.1, -0.05) is 26.7 Å². The molecule has 0 atom stereocenters. The van der Waals surface area contributed by atoms with Gasteiger partial charge in [0, 0.05) is 12.8 Å². The van der Waals surface area contributed by atoms with Crippen LogP contribution in [0.1, 0.15) is 52.4 Å². The van der Waals surface area contributed by atoms with E-state index >= 15 is 0 Å². The highest BCUT2D eigenvalue weighted by molar-refractivity contribution is 5.78. The van der Waals surface area contributed by atoms with Crippen LogP contribution in [0, 0.1) is 5.92 Å². The topological polar surface area (TPSA) is 37.0 Å². The molecule has 0 rings (SSSR count). The second-order valence-electron chi connectivity index (χ2n) is 4.00. The molecule has 0 aliphatic carbocycles. The maximum absolute atomic E-state index is 11.2. The Morgan fingerprint density at radius 1 is 1.08 bits per heavy atom. The molecule has 0 aromatic heterocycles. The van der Waals surface area contributed by atoms with Gasteiger partial charge in [0.25, 0.3) is 0 Å². The second kappa shape index (κ2) is 8.24. The fourth-order valence-corrected chi connectivity index (χ4v) is 1.34. The van der Waals surface area contributed by atoms with Crippen LogP contribution in [0.5, 0.6) is 0 Å². The summed E-state index contributed by atoms with van der Waals surface area (Å²) in [7, 11) is 0. The van der Waals surface area contributed by atoms with Gasteiger partial charge in [-0.05, 0) is 18.8 Å². The molecule has 0 amide bonds. The third kappa shape index (κ3) is 9.54. The summed E-state index contributed by atoms with van der Waals surface area (Å²) < 4.78 is 0. The number of hydrogen-bond acceptors (Lipinski definition) is 1. The molecule has 0 aromatic rings. The zero-order valence-electron chi connectivity index (χ0n) is 8.84. The Labute approximate surface area is 81.3 Å². The first kappa shape index (κ1) is 12.6. The van der Waals surface area contributed by atoms with Crippen LogP contribution in [0.25, 0.3) is 0 Å². The van der Waals surface area contributed by atoms with Gasteiger partial charge in [-0.15, -0.1) is 0 Å². The van der Waals surface area contributed by atoms with E-state index in [1.807, 2.05) is 0 Å². The van der Waals surface area contributed by atoms with E-state index in [1.165, 1.54) is 0 Å². The van der Waals surface area contributed by atoms with Gasteiger partial charge in [-0.3, -0.25) is 4.79 Å². The van der Waals surface area contributed by atoms with Crippen molar-refractivity contribution in [2.75, 3.05) is 6.61 Å². The van der Waals surface area contributed by atoms with E-state index in [4.69, 9.17) is 0 Å². The molecule has 77 valence electrons. The van der Waals surface area contributed by atoms with Crippen molar-refractivity contribution < 1.29 is 9.90 Å². The summed E-state index contributed by atoms with van der Waals surface area (Å²) in [5, 5.41) is 10.1. The van der Waals surface area contributed by atoms with E-state index in [2.05, 4.69) is 13.8 Å². The quantitative estimate of drug-likeness (QED) is 0.535. The SMILES string of the molecule is CC(C)CC(=O)CCCCCC[O]. The molecule has 13 heavy (non-hydrogen) atoms. The number of carbonyl (C=O) groups excluding carboxylic acids is 1. The van der Waals surface area contributed by atoms with Crippen LogP contribution in [0.2, 0.25) is 0 Å². The molecule has 2 heteroatoms. The van der Waals surface area contributed by atoms with E-state index in [9.17, 15) is 9.90 Å². The van der Waals surface area contributed by atoms with E-state index in [0.717, 1.165) is 25.7 Å². The largest absolute Gasteiger partial charge is 0.300 e. The molecule has 0 saturated carbocycles. The fourth-order valence-electron chi connectivity index (χ4n) is 1.34. The number of carbonyl (C=O) groups is 1. The molecule has 0 unspecified atom stereocenters. The molecule has 0 saturated heterocycles. The van der Waals surface area contributed by atoms with E-state index in [1.54, 1.807) is 0 Å². The maximum atomic E-state index is 11.2. The maximum Gasteiger partial charge on any atom is 0.133 e. The van der Waals surface area contributed by atoms with Crippen LogP contribution in [0.4, 0.5) is 0 Å². The van der Waals surface area contributed by atoms with Crippen molar-refractivity contribution in [3.63, 3.8) is 0 Å². The van der Waals surface area contributed by atoms with Crippen LogP contribution < -0.4 is 0 Å². The molecule has 0 aromatic carbocycles. The first-order valence-corrected chi connectivity index (χ1v) is 5.26. The molecule has 2 nitrogen and oxygen atoms in total. The van der Waals surface area contributed by atoms with Gasteiger partial charge in [-0.25, -0.2) is 5.11 Å². The lowest BCUT2D eigenvalue weighted by Gasteiger charge is -2.03. The Kier molecular flexibility index (Phi) is 8.00. The first-order valence-electron chi connectivity index (χ1n) is 5.26. The Balaban J connectivity index is 3.17. The summed E-state index contributed by atoms with van der Waals surface area (Å²) in [4.78, 5) is 11.2. The summed E-state index contributed by atoms with van der Waals surface area (Å²) in [5.74, 6) is 0.853.